The Labute approximate surface area is 123 Å². The molecule has 1 aliphatic heterocycles. The van der Waals surface area contributed by atoms with Gasteiger partial charge in [-0.2, -0.15) is 13.2 Å². The van der Waals surface area contributed by atoms with Crippen molar-refractivity contribution in [2.75, 3.05) is 24.5 Å². The second kappa shape index (κ2) is 7.22. The number of rotatable bonds is 1. The van der Waals surface area contributed by atoms with Crippen molar-refractivity contribution in [3.63, 3.8) is 0 Å². The zero-order valence-electron chi connectivity index (χ0n) is 10.4. The summed E-state index contributed by atoms with van der Waals surface area (Å²) >= 11 is 0. The van der Waals surface area contributed by atoms with Gasteiger partial charge in [-0.3, -0.25) is 0 Å². The van der Waals surface area contributed by atoms with Gasteiger partial charge in [0.15, 0.2) is 0 Å². The normalized spacial score (nSPS) is 19.4. The van der Waals surface area contributed by atoms with Crippen LogP contribution in [0.4, 0.5) is 18.9 Å². The number of para-hydroxylation sites is 1. The molecule has 19 heavy (non-hydrogen) atoms. The van der Waals surface area contributed by atoms with Crippen LogP contribution in [0.5, 0.6) is 0 Å². The molecule has 7 heteroatoms. The highest BCUT2D eigenvalue weighted by atomic mass is 35.5. The van der Waals surface area contributed by atoms with E-state index in [1.807, 2.05) is 11.8 Å². The lowest BCUT2D eigenvalue weighted by molar-refractivity contribution is -0.137. The average molecular weight is 317 g/mol. The number of anilines is 1. The molecule has 0 aliphatic carbocycles. The largest absolute Gasteiger partial charge is 0.418 e. The third-order valence-electron chi connectivity index (χ3n) is 3.02. The minimum atomic E-state index is -4.29. The van der Waals surface area contributed by atoms with E-state index in [4.69, 9.17) is 0 Å². The molecular formula is C12H17Cl2F3N2. The van der Waals surface area contributed by atoms with Gasteiger partial charge in [0.05, 0.1) is 5.56 Å². The van der Waals surface area contributed by atoms with Crippen molar-refractivity contribution in [2.45, 2.75) is 19.1 Å². The van der Waals surface area contributed by atoms with Crippen LogP contribution in [-0.4, -0.2) is 25.7 Å². The smallest absolute Gasteiger partial charge is 0.366 e. The molecule has 1 saturated heterocycles. The maximum absolute atomic E-state index is 12.9. The predicted molar refractivity (Wildman–Crippen MR) is 75.6 cm³/mol. The fraction of sp³-hybridized carbons (Fsp3) is 0.500. The SMILES string of the molecule is C[C@@H]1CNCCN1c1ccccc1C(F)(F)F.Cl.Cl. The molecule has 110 valence electrons. The van der Waals surface area contributed by atoms with Crippen molar-refractivity contribution in [3.05, 3.63) is 29.8 Å². The summed E-state index contributed by atoms with van der Waals surface area (Å²) in [6.07, 6.45) is -4.29. The van der Waals surface area contributed by atoms with E-state index in [9.17, 15) is 13.2 Å². The van der Waals surface area contributed by atoms with Crippen LogP contribution in [0.15, 0.2) is 24.3 Å². The van der Waals surface area contributed by atoms with Gasteiger partial charge >= 0.3 is 6.18 Å². The molecule has 1 aliphatic rings. The van der Waals surface area contributed by atoms with Gasteiger partial charge in [0, 0.05) is 31.4 Å². The summed E-state index contributed by atoms with van der Waals surface area (Å²) in [7, 11) is 0. The molecule has 0 unspecified atom stereocenters. The Morgan fingerprint density at radius 1 is 1.21 bits per heavy atom. The molecule has 1 heterocycles. The molecule has 1 aromatic carbocycles. The first-order valence-electron chi connectivity index (χ1n) is 5.64. The highest BCUT2D eigenvalue weighted by molar-refractivity contribution is 5.85. The molecule has 2 nitrogen and oxygen atoms in total. The molecule has 2 rings (SSSR count). The second-order valence-corrected chi connectivity index (χ2v) is 4.26. The van der Waals surface area contributed by atoms with Crippen molar-refractivity contribution in [1.29, 1.82) is 0 Å². The van der Waals surface area contributed by atoms with E-state index < -0.39 is 11.7 Å². The molecule has 1 atom stereocenters. The Morgan fingerprint density at radius 2 is 1.84 bits per heavy atom. The van der Waals surface area contributed by atoms with E-state index in [-0.39, 0.29) is 36.5 Å². The number of benzene rings is 1. The van der Waals surface area contributed by atoms with Gasteiger partial charge in [-0.25, -0.2) is 0 Å². The maximum atomic E-state index is 12.9. The number of nitrogens with zero attached hydrogens (tertiary/aromatic N) is 1. The van der Waals surface area contributed by atoms with Crippen LogP contribution >= 0.6 is 24.8 Å². The third-order valence-corrected chi connectivity index (χ3v) is 3.02. The molecular weight excluding hydrogens is 300 g/mol. The molecule has 1 fully saturated rings. The van der Waals surface area contributed by atoms with Crippen LogP contribution in [0.25, 0.3) is 0 Å². The number of nitrogens with one attached hydrogen (secondary N) is 1. The first-order chi connectivity index (χ1) is 8.00. The monoisotopic (exact) mass is 316 g/mol. The van der Waals surface area contributed by atoms with Crippen LogP contribution in [0.1, 0.15) is 12.5 Å². The Bertz CT molecular complexity index is 399. The molecule has 0 spiro atoms. The van der Waals surface area contributed by atoms with Gasteiger partial charge < -0.3 is 10.2 Å². The van der Waals surface area contributed by atoms with Crippen LogP contribution < -0.4 is 10.2 Å². The summed E-state index contributed by atoms with van der Waals surface area (Å²) in [5, 5.41) is 3.17. The van der Waals surface area contributed by atoms with Crippen LogP contribution in [0, 0.1) is 0 Å². The quantitative estimate of drug-likeness (QED) is 0.854. The van der Waals surface area contributed by atoms with Gasteiger partial charge in [0.2, 0.25) is 0 Å². The van der Waals surface area contributed by atoms with E-state index in [2.05, 4.69) is 5.32 Å². The summed E-state index contributed by atoms with van der Waals surface area (Å²) in [5.41, 5.74) is -0.261. The second-order valence-electron chi connectivity index (χ2n) is 4.26. The van der Waals surface area contributed by atoms with E-state index >= 15 is 0 Å². The highest BCUT2D eigenvalue weighted by Crippen LogP contribution is 2.37. The fourth-order valence-corrected chi connectivity index (χ4v) is 2.16. The standard InChI is InChI=1S/C12H15F3N2.2ClH/c1-9-8-16-6-7-17(9)11-5-3-2-4-10(11)12(13,14)15;;/h2-5,9,16H,6-8H2,1H3;2*1H/t9-;;/m1../s1. The van der Waals surface area contributed by atoms with Gasteiger partial charge in [0.1, 0.15) is 0 Å². The Balaban J connectivity index is 0.00000162. The van der Waals surface area contributed by atoms with Gasteiger partial charge in [-0.15, -0.1) is 24.8 Å². The number of hydrogen-bond donors (Lipinski definition) is 1. The van der Waals surface area contributed by atoms with E-state index in [1.54, 1.807) is 12.1 Å². The highest BCUT2D eigenvalue weighted by Gasteiger charge is 2.35. The van der Waals surface area contributed by atoms with Gasteiger partial charge in [0.25, 0.3) is 0 Å². The Kier molecular flexibility index (Phi) is 6.97. The molecule has 0 radical (unpaired) electrons. The zero-order valence-corrected chi connectivity index (χ0v) is 12.0. The maximum Gasteiger partial charge on any atom is 0.418 e. The number of piperazine rings is 1. The third kappa shape index (κ3) is 4.16. The van der Waals surface area contributed by atoms with Crippen LogP contribution in [0.2, 0.25) is 0 Å². The van der Waals surface area contributed by atoms with Crippen molar-refractivity contribution >= 4 is 30.5 Å². The Hall–Kier alpha value is -0.650. The average Bonchev–Trinajstić information content (AvgIpc) is 2.28. The van der Waals surface area contributed by atoms with E-state index in [0.29, 0.717) is 13.1 Å². The van der Waals surface area contributed by atoms with Crippen molar-refractivity contribution in [1.82, 2.24) is 5.32 Å². The molecule has 1 N–H and O–H groups in total. The van der Waals surface area contributed by atoms with Crippen molar-refractivity contribution in [3.8, 4) is 0 Å². The summed E-state index contributed by atoms with van der Waals surface area (Å²) < 4.78 is 38.7. The lowest BCUT2D eigenvalue weighted by Crippen LogP contribution is -2.50. The van der Waals surface area contributed by atoms with E-state index in [1.165, 1.54) is 6.07 Å². The number of hydrogen-bond acceptors (Lipinski definition) is 2. The first kappa shape index (κ1) is 18.4. The topological polar surface area (TPSA) is 15.3 Å². The Morgan fingerprint density at radius 3 is 2.42 bits per heavy atom. The van der Waals surface area contributed by atoms with Gasteiger partial charge in [-0.1, -0.05) is 12.1 Å². The molecule has 0 bridgehead atoms. The predicted octanol–water partition coefficient (Wildman–Crippen LogP) is 3.35. The lowest BCUT2D eigenvalue weighted by Gasteiger charge is -2.37. The van der Waals surface area contributed by atoms with Crippen molar-refractivity contribution < 1.29 is 13.2 Å². The summed E-state index contributed by atoms with van der Waals surface area (Å²) in [6.45, 7) is 3.97. The summed E-state index contributed by atoms with van der Waals surface area (Å²) in [6, 6.07) is 5.85. The first-order valence-corrected chi connectivity index (χ1v) is 5.64. The van der Waals surface area contributed by atoms with Crippen LogP contribution in [-0.2, 0) is 6.18 Å². The lowest BCUT2D eigenvalue weighted by atomic mass is 10.1. The minimum Gasteiger partial charge on any atom is -0.366 e. The number of alkyl halides is 3. The summed E-state index contributed by atoms with van der Waals surface area (Å²) in [5.74, 6) is 0. The fourth-order valence-electron chi connectivity index (χ4n) is 2.16. The van der Waals surface area contributed by atoms with Crippen molar-refractivity contribution in [2.24, 2.45) is 0 Å². The summed E-state index contributed by atoms with van der Waals surface area (Å²) in [4.78, 5) is 1.82. The molecule has 0 saturated carbocycles. The zero-order chi connectivity index (χ0) is 12.5. The molecule has 0 amide bonds. The minimum absolute atomic E-state index is 0. The number of halogens is 5. The molecule has 1 aromatic rings. The van der Waals surface area contributed by atoms with E-state index in [0.717, 1.165) is 12.6 Å². The molecule has 0 aromatic heterocycles. The van der Waals surface area contributed by atoms with Gasteiger partial charge in [-0.05, 0) is 19.1 Å². The van der Waals surface area contributed by atoms with Crippen LogP contribution in [0.3, 0.4) is 0 Å².